The van der Waals surface area contributed by atoms with Crippen LogP contribution in [0.15, 0.2) is 30.6 Å². The van der Waals surface area contributed by atoms with Crippen molar-refractivity contribution in [3.05, 3.63) is 53.0 Å². The Bertz CT molecular complexity index is 970. The molecule has 7 heteroatoms. The van der Waals surface area contributed by atoms with Crippen molar-refractivity contribution in [2.75, 3.05) is 26.2 Å². The lowest BCUT2D eigenvalue weighted by Gasteiger charge is -2.41. The maximum Gasteiger partial charge on any atom is 0.272 e. The molecule has 1 amide bonds. The number of benzene rings is 1. The van der Waals surface area contributed by atoms with Gasteiger partial charge in [0.15, 0.2) is 0 Å². The zero-order chi connectivity index (χ0) is 24.3. The molecule has 2 aliphatic heterocycles. The summed E-state index contributed by atoms with van der Waals surface area (Å²) in [6.07, 6.45) is 4.88. The standard InChI is InChI=1S/C27H38N4O3/c1-19-24(26(33)31-13-9-22(10-14-31)30-15-11-23(32)12-16-30)28-18-29-25(19)34-17-20-5-7-21(8-6-20)27(2,3)4/h5-8,18,22-23,32H,9-17H2,1-4H3. The minimum Gasteiger partial charge on any atom is -0.473 e. The average molecular weight is 467 g/mol. The van der Waals surface area contributed by atoms with Gasteiger partial charge in [0.05, 0.1) is 6.10 Å². The van der Waals surface area contributed by atoms with Crippen molar-refractivity contribution in [3.8, 4) is 5.88 Å². The van der Waals surface area contributed by atoms with Gasteiger partial charge in [-0.25, -0.2) is 9.97 Å². The predicted molar refractivity (Wildman–Crippen MR) is 132 cm³/mol. The summed E-state index contributed by atoms with van der Waals surface area (Å²) in [5.74, 6) is 0.409. The number of carbonyl (C=O) groups is 1. The number of aromatic nitrogens is 2. The van der Waals surface area contributed by atoms with Gasteiger partial charge in [-0.2, -0.15) is 0 Å². The van der Waals surface area contributed by atoms with E-state index in [0.717, 1.165) is 57.4 Å². The molecule has 2 aromatic rings. The van der Waals surface area contributed by atoms with Gasteiger partial charge in [0.25, 0.3) is 5.91 Å². The maximum absolute atomic E-state index is 13.2. The predicted octanol–water partition coefficient (Wildman–Crippen LogP) is 3.72. The van der Waals surface area contributed by atoms with E-state index in [-0.39, 0.29) is 17.4 Å². The number of hydrogen-bond acceptors (Lipinski definition) is 6. The molecule has 34 heavy (non-hydrogen) atoms. The van der Waals surface area contributed by atoms with Crippen molar-refractivity contribution >= 4 is 5.91 Å². The second-order valence-electron chi connectivity index (χ2n) is 10.7. The van der Waals surface area contributed by atoms with Crippen LogP contribution in [0, 0.1) is 6.92 Å². The number of carbonyl (C=O) groups excluding carboxylic acids is 1. The first-order valence-corrected chi connectivity index (χ1v) is 12.5. The molecular formula is C27H38N4O3. The Morgan fingerprint density at radius 2 is 1.68 bits per heavy atom. The smallest absolute Gasteiger partial charge is 0.272 e. The van der Waals surface area contributed by atoms with E-state index in [0.29, 0.717) is 29.8 Å². The summed E-state index contributed by atoms with van der Waals surface area (Å²) >= 11 is 0. The molecule has 1 N–H and O–H groups in total. The lowest BCUT2D eigenvalue weighted by molar-refractivity contribution is 0.0354. The Kier molecular flexibility index (Phi) is 7.53. The third-order valence-electron chi connectivity index (χ3n) is 7.20. The van der Waals surface area contributed by atoms with E-state index in [9.17, 15) is 9.90 Å². The topological polar surface area (TPSA) is 78.8 Å². The Morgan fingerprint density at radius 1 is 1.03 bits per heavy atom. The lowest BCUT2D eigenvalue weighted by Crippen LogP contribution is -2.49. The largest absolute Gasteiger partial charge is 0.473 e. The molecule has 1 aromatic carbocycles. The maximum atomic E-state index is 13.2. The molecule has 184 valence electrons. The second-order valence-corrected chi connectivity index (χ2v) is 10.7. The van der Waals surface area contributed by atoms with Gasteiger partial charge in [-0.05, 0) is 49.1 Å². The van der Waals surface area contributed by atoms with Gasteiger partial charge < -0.3 is 19.6 Å². The summed E-state index contributed by atoms with van der Waals surface area (Å²) in [4.78, 5) is 26.2. The summed E-state index contributed by atoms with van der Waals surface area (Å²) < 4.78 is 5.98. The highest BCUT2D eigenvalue weighted by atomic mass is 16.5. The van der Waals surface area contributed by atoms with Gasteiger partial charge in [0.1, 0.15) is 18.6 Å². The number of amides is 1. The molecule has 2 fully saturated rings. The van der Waals surface area contributed by atoms with Crippen LogP contribution in [-0.4, -0.2) is 69.1 Å². The van der Waals surface area contributed by atoms with Gasteiger partial charge in [-0.1, -0.05) is 45.0 Å². The lowest BCUT2D eigenvalue weighted by atomic mass is 9.87. The van der Waals surface area contributed by atoms with Crippen molar-refractivity contribution in [1.82, 2.24) is 19.8 Å². The normalized spacial score (nSPS) is 18.8. The number of aliphatic hydroxyl groups excluding tert-OH is 1. The Morgan fingerprint density at radius 3 is 2.29 bits per heavy atom. The summed E-state index contributed by atoms with van der Waals surface area (Å²) in [6.45, 7) is 12.2. The zero-order valence-electron chi connectivity index (χ0n) is 21.0. The fourth-order valence-electron chi connectivity index (χ4n) is 4.88. The van der Waals surface area contributed by atoms with Crippen LogP contribution in [0.4, 0.5) is 0 Å². The van der Waals surface area contributed by atoms with Crippen LogP contribution in [0.1, 0.15) is 73.6 Å². The first kappa shape index (κ1) is 24.6. The van der Waals surface area contributed by atoms with Crippen LogP contribution >= 0.6 is 0 Å². The van der Waals surface area contributed by atoms with Crippen molar-refractivity contribution < 1.29 is 14.6 Å². The highest BCUT2D eigenvalue weighted by Crippen LogP contribution is 2.25. The number of nitrogens with zero attached hydrogens (tertiary/aromatic N) is 4. The summed E-state index contributed by atoms with van der Waals surface area (Å²) in [5.41, 5.74) is 3.57. The molecule has 0 unspecified atom stereocenters. The van der Waals surface area contributed by atoms with E-state index in [1.807, 2.05) is 11.8 Å². The molecular weight excluding hydrogens is 428 g/mol. The molecule has 3 heterocycles. The number of likely N-dealkylation sites (tertiary alicyclic amines) is 2. The van der Waals surface area contributed by atoms with Crippen LogP contribution in [0.25, 0.3) is 0 Å². The number of aliphatic hydroxyl groups is 1. The third-order valence-corrected chi connectivity index (χ3v) is 7.20. The zero-order valence-corrected chi connectivity index (χ0v) is 21.0. The van der Waals surface area contributed by atoms with E-state index in [2.05, 4.69) is 59.9 Å². The number of piperidine rings is 2. The van der Waals surface area contributed by atoms with E-state index >= 15 is 0 Å². The van der Waals surface area contributed by atoms with E-state index in [1.165, 1.54) is 11.9 Å². The van der Waals surface area contributed by atoms with Crippen molar-refractivity contribution in [1.29, 1.82) is 0 Å². The molecule has 2 saturated heterocycles. The SMILES string of the molecule is Cc1c(OCc2ccc(C(C)(C)C)cc2)ncnc1C(=O)N1CCC(N2CCC(O)CC2)CC1. The first-order chi connectivity index (χ1) is 16.2. The van der Waals surface area contributed by atoms with Gasteiger partial charge in [0.2, 0.25) is 5.88 Å². The summed E-state index contributed by atoms with van der Waals surface area (Å²) in [6, 6.07) is 8.92. The minimum atomic E-state index is -0.155. The Labute approximate surface area is 203 Å². The molecule has 0 radical (unpaired) electrons. The van der Waals surface area contributed by atoms with E-state index < -0.39 is 0 Å². The first-order valence-electron chi connectivity index (χ1n) is 12.5. The Balaban J connectivity index is 1.34. The van der Waals surface area contributed by atoms with E-state index in [4.69, 9.17) is 4.74 Å². The number of ether oxygens (including phenoxy) is 1. The van der Waals surface area contributed by atoms with Crippen LogP contribution in [0.2, 0.25) is 0 Å². The second kappa shape index (κ2) is 10.4. The molecule has 0 saturated carbocycles. The Hall–Kier alpha value is -2.51. The van der Waals surface area contributed by atoms with Gasteiger partial charge in [-0.15, -0.1) is 0 Å². The number of hydrogen-bond donors (Lipinski definition) is 1. The van der Waals surface area contributed by atoms with Crippen LogP contribution in [0.3, 0.4) is 0 Å². The van der Waals surface area contributed by atoms with Crippen LogP contribution < -0.4 is 4.74 Å². The molecule has 0 atom stereocenters. The summed E-state index contributed by atoms with van der Waals surface area (Å²) in [7, 11) is 0. The van der Waals surface area contributed by atoms with Gasteiger partial charge in [0, 0.05) is 37.8 Å². The fraction of sp³-hybridized carbons (Fsp3) is 0.593. The molecule has 7 nitrogen and oxygen atoms in total. The molecule has 4 rings (SSSR count). The molecule has 1 aromatic heterocycles. The molecule has 0 spiro atoms. The van der Waals surface area contributed by atoms with Gasteiger partial charge in [-0.3, -0.25) is 4.79 Å². The van der Waals surface area contributed by atoms with Gasteiger partial charge >= 0.3 is 0 Å². The van der Waals surface area contributed by atoms with Crippen LogP contribution in [-0.2, 0) is 12.0 Å². The number of rotatable bonds is 5. The molecule has 0 aliphatic carbocycles. The van der Waals surface area contributed by atoms with Crippen LogP contribution in [0.5, 0.6) is 5.88 Å². The fourth-order valence-corrected chi connectivity index (χ4v) is 4.88. The highest BCUT2D eigenvalue weighted by Gasteiger charge is 2.30. The quantitative estimate of drug-likeness (QED) is 0.724. The minimum absolute atomic E-state index is 0.0493. The van der Waals surface area contributed by atoms with Crippen molar-refractivity contribution in [2.24, 2.45) is 0 Å². The van der Waals surface area contributed by atoms with Crippen molar-refractivity contribution in [2.45, 2.75) is 77.5 Å². The monoisotopic (exact) mass is 466 g/mol. The molecule has 2 aliphatic rings. The highest BCUT2D eigenvalue weighted by molar-refractivity contribution is 5.94. The van der Waals surface area contributed by atoms with E-state index in [1.54, 1.807) is 0 Å². The summed E-state index contributed by atoms with van der Waals surface area (Å²) in [5, 5.41) is 9.76. The average Bonchev–Trinajstić information content (AvgIpc) is 2.83. The third kappa shape index (κ3) is 5.76. The molecule has 0 bridgehead atoms. The van der Waals surface area contributed by atoms with Crippen molar-refractivity contribution in [3.63, 3.8) is 0 Å².